The summed E-state index contributed by atoms with van der Waals surface area (Å²) in [6.45, 7) is 3.09. The molecular formula is C10H12IN5O2. The molecule has 0 unspecified atom stereocenters. The lowest BCUT2D eigenvalue weighted by Crippen LogP contribution is -2.32. The second-order valence-electron chi connectivity index (χ2n) is 3.76. The van der Waals surface area contributed by atoms with Gasteiger partial charge in [0.2, 0.25) is 0 Å². The minimum Gasteiger partial charge on any atom is -0.292 e. The molecule has 0 radical (unpaired) electrons. The van der Waals surface area contributed by atoms with Crippen molar-refractivity contribution in [3.8, 4) is 0 Å². The van der Waals surface area contributed by atoms with Crippen molar-refractivity contribution in [2.45, 2.75) is 26.4 Å². The van der Waals surface area contributed by atoms with Crippen molar-refractivity contribution in [2.24, 2.45) is 0 Å². The summed E-state index contributed by atoms with van der Waals surface area (Å²) in [6.07, 6.45) is 3.92. The number of hydrogen-bond donors (Lipinski definition) is 1. The van der Waals surface area contributed by atoms with Crippen molar-refractivity contribution >= 4 is 22.6 Å². The first-order valence-electron chi connectivity index (χ1n) is 5.47. The van der Waals surface area contributed by atoms with Gasteiger partial charge < -0.3 is 0 Å². The van der Waals surface area contributed by atoms with Gasteiger partial charge in [-0.15, -0.1) is 0 Å². The third-order valence-corrected chi connectivity index (χ3v) is 3.18. The van der Waals surface area contributed by atoms with E-state index in [1.54, 1.807) is 4.68 Å². The van der Waals surface area contributed by atoms with Gasteiger partial charge >= 0.3 is 5.69 Å². The van der Waals surface area contributed by atoms with Crippen LogP contribution in [0.2, 0.25) is 0 Å². The lowest BCUT2D eigenvalue weighted by molar-refractivity contribution is 0.546. The molecule has 8 heteroatoms. The lowest BCUT2D eigenvalue weighted by atomic mass is 10.4. The zero-order chi connectivity index (χ0) is 13.1. The monoisotopic (exact) mass is 361 g/mol. The normalized spacial score (nSPS) is 10.8. The van der Waals surface area contributed by atoms with Crippen molar-refractivity contribution in [1.29, 1.82) is 0 Å². The molecule has 2 rings (SSSR count). The van der Waals surface area contributed by atoms with E-state index in [2.05, 4.69) is 15.1 Å². The fourth-order valence-corrected chi connectivity index (χ4v) is 2.03. The first-order valence-corrected chi connectivity index (χ1v) is 6.55. The number of aromatic nitrogens is 5. The minimum atomic E-state index is -0.438. The van der Waals surface area contributed by atoms with Crippen LogP contribution < -0.4 is 11.2 Å². The maximum Gasteiger partial charge on any atom is 0.328 e. The topological polar surface area (TPSA) is 85.6 Å². The van der Waals surface area contributed by atoms with Crippen LogP contribution in [-0.4, -0.2) is 24.3 Å². The molecular weight excluding hydrogens is 349 g/mol. The Labute approximate surface area is 116 Å². The smallest absolute Gasteiger partial charge is 0.292 e. The summed E-state index contributed by atoms with van der Waals surface area (Å²) in [7, 11) is 0. The van der Waals surface area contributed by atoms with E-state index < -0.39 is 5.69 Å². The summed E-state index contributed by atoms with van der Waals surface area (Å²) in [4.78, 5) is 29.3. The number of nitrogens with zero attached hydrogens (tertiary/aromatic N) is 4. The Kier molecular flexibility index (Phi) is 3.94. The summed E-state index contributed by atoms with van der Waals surface area (Å²) in [6, 6.07) is 0. The van der Waals surface area contributed by atoms with Gasteiger partial charge in [-0.05, 0) is 29.0 Å². The van der Waals surface area contributed by atoms with E-state index in [9.17, 15) is 9.59 Å². The molecule has 2 aromatic heterocycles. The molecule has 0 aliphatic heterocycles. The number of aryl methyl sites for hydroxylation is 1. The second-order valence-corrected chi connectivity index (χ2v) is 4.93. The Hall–Kier alpha value is -1.45. The first-order chi connectivity index (χ1) is 8.61. The molecule has 2 aromatic rings. The third-order valence-electron chi connectivity index (χ3n) is 2.41. The van der Waals surface area contributed by atoms with Crippen LogP contribution in [-0.2, 0) is 13.1 Å². The van der Waals surface area contributed by atoms with Crippen LogP contribution in [0.4, 0.5) is 0 Å². The van der Waals surface area contributed by atoms with E-state index in [1.807, 2.05) is 29.5 Å². The SMILES string of the molecule is CCCn1ncnc1Cn1cc(I)c(=O)[nH]c1=O. The van der Waals surface area contributed by atoms with Gasteiger partial charge in [0, 0.05) is 12.7 Å². The quantitative estimate of drug-likeness (QED) is 0.788. The van der Waals surface area contributed by atoms with Gasteiger partial charge in [0.1, 0.15) is 12.2 Å². The fraction of sp³-hybridized carbons (Fsp3) is 0.400. The Balaban J connectivity index is 2.34. The number of nitrogens with one attached hydrogen (secondary N) is 1. The number of rotatable bonds is 4. The predicted octanol–water partition coefficient (Wildman–Crippen LogP) is 0.191. The van der Waals surface area contributed by atoms with Crippen LogP contribution >= 0.6 is 22.6 Å². The molecule has 0 fully saturated rings. The summed E-state index contributed by atoms with van der Waals surface area (Å²) < 4.78 is 3.64. The zero-order valence-corrected chi connectivity index (χ0v) is 11.9. The Morgan fingerprint density at radius 1 is 1.44 bits per heavy atom. The van der Waals surface area contributed by atoms with Crippen LogP contribution in [0.15, 0.2) is 22.1 Å². The van der Waals surface area contributed by atoms with E-state index in [0.717, 1.165) is 13.0 Å². The van der Waals surface area contributed by atoms with Gasteiger partial charge in [0.15, 0.2) is 0 Å². The third kappa shape index (κ3) is 2.68. The van der Waals surface area contributed by atoms with Crippen molar-refractivity contribution in [2.75, 3.05) is 0 Å². The molecule has 0 amide bonds. The standard InChI is InChI=1S/C10H12IN5O2/c1-2-3-16-8(12-6-13-16)5-15-4-7(11)9(17)14-10(15)18/h4,6H,2-3,5H2,1H3,(H,14,17,18). The maximum atomic E-state index is 11.6. The maximum absolute atomic E-state index is 11.6. The van der Waals surface area contributed by atoms with Crippen molar-refractivity contribution < 1.29 is 0 Å². The molecule has 0 aliphatic carbocycles. The van der Waals surface area contributed by atoms with Gasteiger partial charge in [0.25, 0.3) is 5.56 Å². The molecule has 2 heterocycles. The molecule has 1 N–H and O–H groups in total. The second kappa shape index (κ2) is 5.46. The molecule has 0 saturated carbocycles. The van der Waals surface area contributed by atoms with Crippen molar-refractivity contribution in [3.63, 3.8) is 0 Å². The fourth-order valence-electron chi connectivity index (χ4n) is 1.56. The van der Waals surface area contributed by atoms with Crippen LogP contribution in [0.25, 0.3) is 0 Å². The number of halogens is 1. The van der Waals surface area contributed by atoms with Gasteiger partial charge in [-0.1, -0.05) is 6.92 Å². The Morgan fingerprint density at radius 2 is 2.22 bits per heavy atom. The summed E-state index contributed by atoms with van der Waals surface area (Å²) >= 11 is 1.89. The number of hydrogen-bond acceptors (Lipinski definition) is 4. The van der Waals surface area contributed by atoms with E-state index in [0.29, 0.717) is 15.9 Å². The highest BCUT2D eigenvalue weighted by atomic mass is 127. The molecule has 18 heavy (non-hydrogen) atoms. The van der Waals surface area contributed by atoms with Crippen LogP contribution in [0, 0.1) is 3.57 Å². The van der Waals surface area contributed by atoms with Crippen LogP contribution in [0.5, 0.6) is 0 Å². The molecule has 0 aromatic carbocycles. The predicted molar refractivity (Wildman–Crippen MR) is 73.5 cm³/mol. The molecule has 0 spiro atoms. The molecule has 96 valence electrons. The molecule has 0 aliphatic rings. The van der Waals surface area contributed by atoms with Gasteiger partial charge in [0.05, 0.1) is 10.1 Å². The zero-order valence-electron chi connectivity index (χ0n) is 9.76. The van der Waals surface area contributed by atoms with Crippen LogP contribution in [0.1, 0.15) is 19.2 Å². The van der Waals surface area contributed by atoms with Gasteiger partial charge in [-0.2, -0.15) is 5.10 Å². The minimum absolute atomic E-state index is 0.297. The van der Waals surface area contributed by atoms with Crippen LogP contribution in [0.3, 0.4) is 0 Å². The average Bonchev–Trinajstić information content (AvgIpc) is 2.74. The number of H-pyrrole nitrogens is 1. The highest BCUT2D eigenvalue weighted by molar-refractivity contribution is 14.1. The van der Waals surface area contributed by atoms with E-state index >= 15 is 0 Å². The summed E-state index contributed by atoms with van der Waals surface area (Å²) in [5.74, 6) is 0.696. The lowest BCUT2D eigenvalue weighted by Gasteiger charge is -2.06. The summed E-state index contributed by atoms with van der Waals surface area (Å²) in [5.41, 5.74) is -0.807. The molecule has 7 nitrogen and oxygen atoms in total. The first kappa shape index (κ1) is 13.0. The molecule has 0 atom stereocenters. The number of aromatic amines is 1. The van der Waals surface area contributed by atoms with Gasteiger partial charge in [-0.3, -0.25) is 14.3 Å². The highest BCUT2D eigenvalue weighted by Gasteiger charge is 2.07. The Bertz CT molecular complexity index is 657. The van der Waals surface area contributed by atoms with E-state index in [4.69, 9.17) is 0 Å². The summed E-state index contributed by atoms with van der Waals surface area (Å²) in [5, 5.41) is 4.09. The van der Waals surface area contributed by atoms with E-state index in [1.165, 1.54) is 17.1 Å². The van der Waals surface area contributed by atoms with Gasteiger partial charge in [-0.25, -0.2) is 14.5 Å². The molecule has 0 bridgehead atoms. The molecule has 0 saturated heterocycles. The van der Waals surface area contributed by atoms with Crippen molar-refractivity contribution in [1.82, 2.24) is 24.3 Å². The highest BCUT2D eigenvalue weighted by Crippen LogP contribution is 1.99. The average molecular weight is 361 g/mol. The Morgan fingerprint density at radius 3 is 2.94 bits per heavy atom. The van der Waals surface area contributed by atoms with E-state index in [-0.39, 0.29) is 5.56 Å². The largest absolute Gasteiger partial charge is 0.328 e. The van der Waals surface area contributed by atoms with Crippen molar-refractivity contribution in [3.05, 3.63) is 42.8 Å².